The lowest BCUT2D eigenvalue weighted by Crippen LogP contribution is -2.44. The Morgan fingerprint density at radius 1 is 1.11 bits per heavy atom. The van der Waals surface area contributed by atoms with Crippen LogP contribution >= 0.6 is 0 Å². The van der Waals surface area contributed by atoms with E-state index in [1.165, 1.54) is 23.3 Å². The molecular formula is C28H34FN3O3. The van der Waals surface area contributed by atoms with Crippen molar-refractivity contribution in [3.63, 3.8) is 0 Å². The minimum atomic E-state index is -0.690. The molecule has 2 aromatic carbocycles. The predicted octanol–water partition coefficient (Wildman–Crippen LogP) is 3.86. The van der Waals surface area contributed by atoms with Gasteiger partial charge in [-0.2, -0.15) is 0 Å². The smallest absolute Gasteiger partial charge is 0.249 e. The topological polar surface area (TPSA) is 53.1 Å². The monoisotopic (exact) mass is 479 g/mol. The van der Waals surface area contributed by atoms with Crippen molar-refractivity contribution < 1.29 is 18.7 Å². The molecule has 0 aromatic heterocycles. The van der Waals surface area contributed by atoms with Gasteiger partial charge in [0.2, 0.25) is 11.8 Å². The van der Waals surface area contributed by atoms with E-state index in [9.17, 15) is 14.0 Å². The van der Waals surface area contributed by atoms with Crippen molar-refractivity contribution in [2.75, 3.05) is 39.8 Å². The van der Waals surface area contributed by atoms with E-state index >= 15 is 0 Å². The van der Waals surface area contributed by atoms with Gasteiger partial charge in [-0.3, -0.25) is 9.59 Å². The van der Waals surface area contributed by atoms with Crippen molar-refractivity contribution in [3.05, 3.63) is 71.0 Å². The fourth-order valence-corrected chi connectivity index (χ4v) is 5.83. The number of benzene rings is 2. The molecule has 3 aliphatic rings. The molecule has 0 saturated carbocycles. The Balaban J connectivity index is 1.15. The molecule has 3 heterocycles. The average Bonchev–Trinajstić information content (AvgIpc) is 3.45. The van der Waals surface area contributed by atoms with E-state index in [0.717, 1.165) is 45.3 Å². The van der Waals surface area contributed by atoms with E-state index < -0.39 is 6.04 Å². The summed E-state index contributed by atoms with van der Waals surface area (Å²) in [6, 6.07) is 13.8. The van der Waals surface area contributed by atoms with Crippen molar-refractivity contribution in [2.45, 2.75) is 50.4 Å². The number of piperidine rings is 1. The summed E-state index contributed by atoms with van der Waals surface area (Å²) < 4.78 is 19.8. The van der Waals surface area contributed by atoms with Crippen LogP contribution in [0.25, 0.3) is 0 Å². The zero-order valence-electron chi connectivity index (χ0n) is 20.4. The Morgan fingerprint density at radius 2 is 1.86 bits per heavy atom. The van der Waals surface area contributed by atoms with Crippen LogP contribution in [0, 0.1) is 5.82 Å². The fourth-order valence-electron chi connectivity index (χ4n) is 5.83. The highest BCUT2D eigenvalue weighted by Gasteiger charge is 2.42. The minimum absolute atomic E-state index is 0.0148. The number of likely N-dealkylation sites (N-methyl/N-ethyl adjacent to an activating group) is 1. The molecule has 2 fully saturated rings. The third kappa shape index (κ3) is 4.84. The first-order valence-corrected chi connectivity index (χ1v) is 12.7. The van der Waals surface area contributed by atoms with E-state index in [-0.39, 0.29) is 23.2 Å². The van der Waals surface area contributed by atoms with Crippen molar-refractivity contribution in [1.82, 2.24) is 14.7 Å². The zero-order chi connectivity index (χ0) is 24.4. The van der Waals surface area contributed by atoms with Crippen LogP contribution in [-0.2, 0) is 26.5 Å². The van der Waals surface area contributed by atoms with E-state index in [1.807, 2.05) is 0 Å². The van der Waals surface area contributed by atoms with Gasteiger partial charge in [0.05, 0.1) is 12.2 Å². The van der Waals surface area contributed by atoms with Crippen molar-refractivity contribution >= 4 is 11.8 Å². The SMILES string of the molecule is CN(CCCN1CCC2(CC1)OCc1ccccc12)C(=O)C(c1ccc(F)cc1)N1CCCC1=O. The van der Waals surface area contributed by atoms with E-state index in [2.05, 4.69) is 29.2 Å². The van der Waals surface area contributed by atoms with Crippen molar-refractivity contribution in [2.24, 2.45) is 0 Å². The number of fused-ring (bicyclic) bond motifs is 2. The van der Waals surface area contributed by atoms with E-state index in [4.69, 9.17) is 4.74 Å². The maximum atomic E-state index is 13.5. The Labute approximate surface area is 206 Å². The summed E-state index contributed by atoms with van der Waals surface area (Å²) in [7, 11) is 1.80. The number of hydrogen-bond donors (Lipinski definition) is 0. The summed E-state index contributed by atoms with van der Waals surface area (Å²) in [5, 5.41) is 0. The molecule has 2 saturated heterocycles. The Morgan fingerprint density at radius 3 is 2.57 bits per heavy atom. The van der Waals surface area contributed by atoms with Gasteiger partial charge in [-0.05, 0) is 61.1 Å². The molecule has 1 atom stereocenters. The largest absolute Gasteiger partial charge is 0.365 e. The Bertz CT molecular complexity index is 1070. The van der Waals surface area contributed by atoms with Crippen LogP contribution in [0.4, 0.5) is 4.39 Å². The van der Waals surface area contributed by atoms with Crippen molar-refractivity contribution in [3.8, 4) is 0 Å². The van der Waals surface area contributed by atoms with Gasteiger partial charge >= 0.3 is 0 Å². The van der Waals surface area contributed by atoms with Crippen LogP contribution in [0.15, 0.2) is 48.5 Å². The van der Waals surface area contributed by atoms with E-state index in [1.54, 1.807) is 29.0 Å². The summed E-state index contributed by atoms with van der Waals surface area (Å²) in [5.41, 5.74) is 3.20. The molecule has 0 bridgehead atoms. The van der Waals surface area contributed by atoms with Crippen LogP contribution in [0.2, 0.25) is 0 Å². The van der Waals surface area contributed by atoms with Crippen LogP contribution in [0.1, 0.15) is 54.8 Å². The Hall–Kier alpha value is -2.77. The van der Waals surface area contributed by atoms with Crippen molar-refractivity contribution in [1.29, 1.82) is 0 Å². The number of carbonyl (C=O) groups excluding carboxylic acids is 2. The lowest BCUT2D eigenvalue weighted by molar-refractivity contribution is -0.143. The van der Waals surface area contributed by atoms with Gasteiger partial charge in [0, 0.05) is 39.6 Å². The van der Waals surface area contributed by atoms with Gasteiger partial charge in [-0.25, -0.2) is 4.39 Å². The summed E-state index contributed by atoms with van der Waals surface area (Å²) in [6.07, 6.45) is 4.04. The second kappa shape index (κ2) is 10.1. The molecule has 35 heavy (non-hydrogen) atoms. The lowest BCUT2D eigenvalue weighted by Gasteiger charge is -2.39. The number of nitrogens with zero attached hydrogens (tertiary/aromatic N) is 3. The molecule has 3 aliphatic heterocycles. The maximum Gasteiger partial charge on any atom is 0.249 e. The van der Waals surface area contributed by atoms with Gasteiger partial charge in [0.15, 0.2) is 0 Å². The first kappa shape index (κ1) is 23.9. The third-order valence-corrected chi connectivity index (χ3v) is 7.86. The van der Waals surface area contributed by atoms with E-state index in [0.29, 0.717) is 31.7 Å². The number of likely N-dealkylation sites (tertiary alicyclic amines) is 2. The zero-order valence-corrected chi connectivity index (χ0v) is 20.4. The molecule has 2 amide bonds. The quantitative estimate of drug-likeness (QED) is 0.605. The molecule has 6 nitrogen and oxygen atoms in total. The standard InChI is InChI=1S/C28H34FN3O3/c1-30(27(34)26(32-17-4-8-25(32)33)21-9-11-23(29)12-10-21)15-5-16-31-18-13-28(14-19-31)24-7-3-2-6-22(24)20-35-28/h2-3,6-7,9-12,26H,4-5,8,13-20H2,1H3. The third-order valence-electron chi connectivity index (χ3n) is 7.86. The maximum absolute atomic E-state index is 13.5. The number of amides is 2. The summed E-state index contributed by atoms with van der Waals surface area (Å²) in [6.45, 7) is 4.75. The van der Waals surface area contributed by atoms with Gasteiger partial charge in [0.1, 0.15) is 11.9 Å². The molecule has 0 aliphatic carbocycles. The van der Waals surface area contributed by atoms with Gasteiger partial charge < -0.3 is 19.4 Å². The van der Waals surface area contributed by atoms with Crippen LogP contribution in [-0.4, -0.2) is 66.3 Å². The van der Waals surface area contributed by atoms with Gasteiger partial charge in [-0.1, -0.05) is 36.4 Å². The summed E-state index contributed by atoms with van der Waals surface area (Å²) in [5.74, 6) is -0.477. The normalized spacial score (nSPS) is 20.3. The second-order valence-electron chi connectivity index (χ2n) is 10.0. The summed E-state index contributed by atoms with van der Waals surface area (Å²) in [4.78, 5) is 31.7. The molecule has 1 spiro atoms. The van der Waals surface area contributed by atoms with Crippen LogP contribution < -0.4 is 0 Å². The molecule has 0 radical (unpaired) electrons. The van der Waals surface area contributed by atoms with Crippen LogP contribution in [0.5, 0.6) is 0 Å². The molecule has 5 rings (SSSR count). The lowest BCUT2D eigenvalue weighted by atomic mass is 9.84. The highest BCUT2D eigenvalue weighted by Crippen LogP contribution is 2.43. The molecular weight excluding hydrogens is 445 g/mol. The second-order valence-corrected chi connectivity index (χ2v) is 10.0. The number of halogens is 1. The highest BCUT2D eigenvalue weighted by molar-refractivity contribution is 5.89. The first-order chi connectivity index (χ1) is 17.0. The number of hydrogen-bond acceptors (Lipinski definition) is 4. The number of rotatable bonds is 7. The molecule has 186 valence electrons. The summed E-state index contributed by atoms with van der Waals surface area (Å²) >= 11 is 0. The predicted molar refractivity (Wildman–Crippen MR) is 131 cm³/mol. The first-order valence-electron chi connectivity index (χ1n) is 12.7. The fraction of sp³-hybridized carbons (Fsp3) is 0.500. The number of carbonyl (C=O) groups is 2. The molecule has 7 heteroatoms. The number of ether oxygens (including phenoxy) is 1. The molecule has 2 aromatic rings. The van der Waals surface area contributed by atoms with Gasteiger partial charge in [0.25, 0.3) is 0 Å². The average molecular weight is 480 g/mol. The van der Waals surface area contributed by atoms with Gasteiger partial charge in [-0.15, -0.1) is 0 Å². The molecule has 0 N–H and O–H groups in total. The van der Waals surface area contributed by atoms with Crippen LogP contribution in [0.3, 0.4) is 0 Å². The molecule has 1 unspecified atom stereocenters. The Kier molecular flexibility index (Phi) is 6.89. The minimum Gasteiger partial charge on any atom is -0.365 e. The highest BCUT2D eigenvalue weighted by atomic mass is 19.1.